The Bertz CT molecular complexity index is 1050. The van der Waals surface area contributed by atoms with Gasteiger partial charge in [-0.1, -0.05) is 19.3 Å². The monoisotopic (exact) mass is 491 g/mol. The Morgan fingerprint density at radius 1 is 0.972 bits per heavy atom. The molecule has 2 aliphatic heterocycles. The predicted octanol–water partition coefficient (Wildman–Crippen LogP) is 5.19. The van der Waals surface area contributed by atoms with Crippen LogP contribution >= 0.6 is 0 Å². The van der Waals surface area contributed by atoms with E-state index < -0.39 is 0 Å². The summed E-state index contributed by atoms with van der Waals surface area (Å²) in [5.74, 6) is 1.41. The molecule has 1 aromatic heterocycles. The smallest absolute Gasteiger partial charge is 0.163 e. The van der Waals surface area contributed by atoms with E-state index in [4.69, 9.17) is 9.47 Å². The number of likely N-dealkylation sites (tertiary alicyclic amines) is 2. The summed E-state index contributed by atoms with van der Waals surface area (Å²) in [6, 6.07) is 9.25. The molecule has 1 aliphatic carbocycles. The Morgan fingerprint density at radius 2 is 1.75 bits per heavy atom. The van der Waals surface area contributed by atoms with Gasteiger partial charge in [-0.3, -0.25) is 0 Å². The lowest BCUT2D eigenvalue weighted by Gasteiger charge is -2.39. The Morgan fingerprint density at radius 3 is 2.47 bits per heavy atom. The van der Waals surface area contributed by atoms with Crippen LogP contribution in [-0.4, -0.2) is 73.3 Å². The van der Waals surface area contributed by atoms with Crippen LogP contribution in [-0.2, 0) is 0 Å². The molecule has 0 unspecified atom stereocenters. The maximum atomic E-state index is 9.65. The Labute approximate surface area is 215 Å². The number of ether oxygens (including phenoxy) is 2. The van der Waals surface area contributed by atoms with Crippen molar-refractivity contribution in [1.82, 2.24) is 14.8 Å². The molecule has 0 bridgehead atoms. The highest BCUT2D eigenvalue weighted by molar-refractivity contribution is 5.94. The fourth-order valence-corrected chi connectivity index (χ4v) is 6.23. The average molecular weight is 492 g/mol. The summed E-state index contributed by atoms with van der Waals surface area (Å²) in [7, 11) is 1.68. The van der Waals surface area contributed by atoms with E-state index in [-0.39, 0.29) is 0 Å². The van der Waals surface area contributed by atoms with E-state index in [0.29, 0.717) is 29.8 Å². The minimum Gasteiger partial charge on any atom is -0.493 e. The lowest BCUT2D eigenvalue weighted by atomic mass is 9.92. The number of hydrogen-bond acceptors (Lipinski definition) is 7. The van der Waals surface area contributed by atoms with Crippen molar-refractivity contribution >= 4 is 16.6 Å². The molecule has 1 N–H and O–H groups in total. The second kappa shape index (κ2) is 12.1. The zero-order valence-corrected chi connectivity index (χ0v) is 21.8. The van der Waals surface area contributed by atoms with E-state index in [1.165, 1.54) is 58.0 Å². The second-order valence-electron chi connectivity index (χ2n) is 10.7. The number of fused-ring (bicyclic) bond motifs is 1. The molecule has 5 rings (SSSR count). The molecule has 0 spiro atoms. The molecule has 0 atom stereocenters. The van der Waals surface area contributed by atoms with Crippen LogP contribution in [0.15, 0.2) is 18.2 Å². The van der Waals surface area contributed by atoms with E-state index in [1.54, 1.807) is 7.11 Å². The quantitative estimate of drug-likeness (QED) is 0.484. The van der Waals surface area contributed by atoms with Crippen LogP contribution in [0.25, 0.3) is 10.9 Å². The van der Waals surface area contributed by atoms with Crippen molar-refractivity contribution in [3.05, 3.63) is 23.9 Å². The first kappa shape index (κ1) is 25.1. The van der Waals surface area contributed by atoms with Gasteiger partial charge in [0.2, 0.25) is 0 Å². The second-order valence-corrected chi connectivity index (χ2v) is 10.7. The lowest BCUT2D eigenvalue weighted by molar-refractivity contribution is 0.126. The molecule has 7 nitrogen and oxygen atoms in total. The molecule has 0 radical (unpaired) electrons. The zero-order chi connectivity index (χ0) is 24.7. The standard InChI is InChI=1S/C29H41N5O2/c1-35-28-19-25-26(31-22-10-15-34(16-11-22)24-8-3-2-4-9-24)18-23(21-30)32-27(25)20-29(28)36-17-7-14-33-12-5-6-13-33/h18-20,22,24H,2-17H2,1H3,(H,31,32). The Balaban J connectivity index is 1.26. The SMILES string of the molecule is COc1cc2c(NC3CCN(C4CCCCC4)CC3)cc(C#N)nc2cc1OCCCN1CCCC1. The lowest BCUT2D eigenvalue weighted by Crippen LogP contribution is -2.45. The predicted molar refractivity (Wildman–Crippen MR) is 144 cm³/mol. The fourth-order valence-electron chi connectivity index (χ4n) is 6.23. The van der Waals surface area contributed by atoms with Crippen molar-refractivity contribution in [2.75, 3.05) is 51.8 Å². The number of hydrogen-bond donors (Lipinski definition) is 1. The number of nitrogens with zero attached hydrogens (tertiary/aromatic N) is 4. The van der Waals surface area contributed by atoms with Gasteiger partial charge >= 0.3 is 0 Å². The van der Waals surface area contributed by atoms with Gasteiger partial charge in [0, 0.05) is 48.9 Å². The number of nitriles is 1. The largest absolute Gasteiger partial charge is 0.493 e. The minimum absolute atomic E-state index is 0.398. The normalized spacial score (nSPS) is 20.4. The maximum absolute atomic E-state index is 9.65. The van der Waals surface area contributed by atoms with Crippen LogP contribution in [0.3, 0.4) is 0 Å². The third-order valence-corrected chi connectivity index (χ3v) is 8.26. The van der Waals surface area contributed by atoms with Crippen LogP contribution < -0.4 is 14.8 Å². The van der Waals surface area contributed by atoms with Gasteiger partial charge in [-0.05, 0) is 70.2 Å². The summed E-state index contributed by atoms with van der Waals surface area (Å²) in [6.07, 6.45) is 12.7. The van der Waals surface area contributed by atoms with Crippen LogP contribution in [0.4, 0.5) is 5.69 Å². The summed E-state index contributed by atoms with van der Waals surface area (Å²) < 4.78 is 11.8. The van der Waals surface area contributed by atoms with Crippen molar-refractivity contribution in [1.29, 1.82) is 5.26 Å². The highest BCUT2D eigenvalue weighted by Crippen LogP contribution is 2.36. The van der Waals surface area contributed by atoms with Crippen LogP contribution in [0.1, 0.15) is 69.9 Å². The summed E-state index contributed by atoms with van der Waals surface area (Å²) in [5, 5.41) is 14.4. The summed E-state index contributed by atoms with van der Waals surface area (Å²) in [4.78, 5) is 9.80. The molecule has 194 valence electrons. The number of rotatable bonds is 9. The summed E-state index contributed by atoms with van der Waals surface area (Å²) >= 11 is 0. The van der Waals surface area contributed by atoms with Gasteiger partial charge in [-0.15, -0.1) is 0 Å². The van der Waals surface area contributed by atoms with Crippen molar-refractivity contribution in [3.8, 4) is 17.6 Å². The highest BCUT2D eigenvalue weighted by Gasteiger charge is 2.26. The van der Waals surface area contributed by atoms with Gasteiger partial charge in [0.15, 0.2) is 11.5 Å². The summed E-state index contributed by atoms with van der Waals surface area (Å²) in [6.45, 7) is 6.41. The molecule has 7 heteroatoms. The van der Waals surface area contributed by atoms with Crippen molar-refractivity contribution < 1.29 is 9.47 Å². The molecule has 3 heterocycles. The first-order chi connectivity index (χ1) is 17.7. The number of nitrogens with one attached hydrogen (secondary N) is 1. The molecule has 1 saturated carbocycles. The maximum Gasteiger partial charge on any atom is 0.163 e. The van der Waals surface area contributed by atoms with Crippen molar-refractivity contribution in [3.63, 3.8) is 0 Å². The highest BCUT2D eigenvalue weighted by atomic mass is 16.5. The van der Waals surface area contributed by atoms with E-state index >= 15 is 0 Å². The Hall–Kier alpha value is -2.56. The number of aromatic nitrogens is 1. The minimum atomic E-state index is 0.398. The van der Waals surface area contributed by atoms with Crippen LogP contribution in [0, 0.1) is 11.3 Å². The number of methoxy groups -OCH3 is 1. The molecule has 3 fully saturated rings. The van der Waals surface area contributed by atoms with Crippen molar-refractivity contribution in [2.24, 2.45) is 0 Å². The van der Waals surface area contributed by atoms with E-state index in [9.17, 15) is 5.26 Å². The molecule has 1 aromatic carbocycles. The molecule has 36 heavy (non-hydrogen) atoms. The Kier molecular flexibility index (Phi) is 8.45. The molecule has 0 amide bonds. The van der Waals surface area contributed by atoms with Crippen LogP contribution in [0.2, 0.25) is 0 Å². The van der Waals surface area contributed by atoms with Gasteiger partial charge in [0.05, 0.1) is 19.2 Å². The molecule has 2 saturated heterocycles. The van der Waals surface area contributed by atoms with E-state index in [2.05, 4.69) is 26.2 Å². The topological polar surface area (TPSA) is 73.6 Å². The van der Waals surface area contributed by atoms with Gasteiger partial charge in [-0.25, -0.2) is 4.98 Å². The summed E-state index contributed by atoms with van der Waals surface area (Å²) in [5.41, 5.74) is 2.16. The number of benzene rings is 1. The van der Waals surface area contributed by atoms with Gasteiger partial charge in [-0.2, -0.15) is 5.26 Å². The van der Waals surface area contributed by atoms with E-state index in [1.807, 2.05) is 18.2 Å². The molecule has 3 aliphatic rings. The van der Waals surface area contributed by atoms with Crippen LogP contribution in [0.5, 0.6) is 11.5 Å². The number of piperidine rings is 1. The first-order valence-electron chi connectivity index (χ1n) is 14.0. The number of pyridine rings is 1. The van der Waals surface area contributed by atoms with Gasteiger partial charge < -0.3 is 24.6 Å². The van der Waals surface area contributed by atoms with Gasteiger partial charge in [0.1, 0.15) is 11.8 Å². The fraction of sp³-hybridized carbons (Fsp3) is 0.655. The first-order valence-corrected chi connectivity index (χ1v) is 14.0. The third-order valence-electron chi connectivity index (χ3n) is 8.26. The van der Waals surface area contributed by atoms with Crippen molar-refractivity contribution in [2.45, 2.75) is 76.3 Å². The zero-order valence-electron chi connectivity index (χ0n) is 21.8. The third kappa shape index (κ3) is 6.04. The van der Waals surface area contributed by atoms with E-state index in [0.717, 1.165) is 61.5 Å². The molecule has 2 aromatic rings. The van der Waals surface area contributed by atoms with Gasteiger partial charge in [0.25, 0.3) is 0 Å². The molecular weight excluding hydrogens is 450 g/mol. The number of anilines is 1. The average Bonchev–Trinajstić information content (AvgIpc) is 3.45. The molecular formula is C29H41N5O2.